The van der Waals surface area contributed by atoms with Crippen LogP contribution in [0.3, 0.4) is 0 Å². The Kier molecular flexibility index (Phi) is 9.02. The molecule has 0 aromatic rings. The summed E-state index contributed by atoms with van der Waals surface area (Å²) >= 11 is 0. The van der Waals surface area contributed by atoms with Gasteiger partial charge in [-0.15, -0.1) is 0 Å². The summed E-state index contributed by atoms with van der Waals surface area (Å²) in [5, 5.41) is 0. The molecule has 6 heteroatoms. The molecule has 150 valence electrons. The summed E-state index contributed by atoms with van der Waals surface area (Å²) in [5.74, 6) is 0.286. The molecule has 2 aliphatic rings. The van der Waals surface area contributed by atoms with Gasteiger partial charge in [0.1, 0.15) is 5.78 Å². The van der Waals surface area contributed by atoms with E-state index in [-0.39, 0.29) is 23.6 Å². The van der Waals surface area contributed by atoms with Crippen LogP contribution in [0.4, 0.5) is 0 Å². The molecule has 26 heavy (non-hydrogen) atoms. The van der Waals surface area contributed by atoms with Gasteiger partial charge in [-0.2, -0.15) is 0 Å². The molecule has 2 heterocycles. The number of likely N-dealkylation sites (tertiary alicyclic amines) is 2. The van der Waals surface area contributed by atoms with Gasteiger partial charge in [-0.05, 0) is 59.5 Å². The number of rotatable bonds is 9. The van der Waals surface area contributed by atoms with Crippen molar-refractivity contribution in [3.8, 4) is 0 Å². The van der Waals surface area contributed by atoms with Crippen molar-refractivity contribution in [1.82, 2.24) is 9.80 Å². The van der Waals surface area contributed by atoms with Crippen molar-refractivity contribution in [3.63, 3.8) is 0 Å². The molecule has 0 saturated carbocycles. The first-order valence-corrected chi connectivity index (χ1v) is 10.3. The van der Waals surface area contributed by atoms with Crippen LogP contribution in [0.5, 0.6) is 0 Å². The van der Waals surface area contributed by atoms with E-state index in [1.165, 1.54) is 0 Å². The van der Waals surface area contributed by atoms with Gasteiger partial charge in [0.2, 0.25) is 0 Å². The molecule has 6 nitrogen and oxygen atoms in total. The van der Waals surface area contributed by atoms with E-state index in [0.717, 1.165) is 71.6 Å². The highest BCUT2D eigenvalue weighted by Gasteiger charge is 2.29. The maximum atomic E-state index is 12.2. The highest BCUT2D eigenvalue weighted by atomic mass is 16.5. The van der Waals surface area contributed by atoms with E-state index in [4.69, 9.17) is 9.47 Å². The lowest BCUT2D eigenvalue weighted by molar-refractivity contribution is -0.149. The lowest BCUT2D eigenvalue weighted by Crippen LogP contribution is -2.46. The largest absolute Gasteiger partial charge is 0.466 e. The summed E-state index contributed by atoms with van der Waals surface area (Å²) in [6, 6.07) is 0. The Morgan fingerprint density at radius 3 is 1.92 bits per heavy atom. The molecule has 1 atom stereocenters. The summed E-state index contributed by atoms with van der Waals surface area (Å²) in [6.07, 6.45) is 4.17. The predicted molar refractivity (Wildman–Crippen MR) is 101 cm³/mol. The van der Waals surface area contributed by atoms with Gasteiger partial charge in [-0.1, -0.05) is 0 Å². The van der Waals surface area contributed by atoms with Crippen molar-refractivity contribution in [3.05, 3.63) is 0 Å². The number of Topliss-reactive ketones (excluding diaryl/α,β-unsaturated/α-hetero) is 1. The van der Waals surface area contributed by atoms with Crippen molar-refractivity contribution in [2.75, 3.05) is 52.5 Å². The topological polar surface area (TPSA) is 59.1 Å². The number of esters is 1. The average molecular weight is 369 g/mol. The van der Waals surface area contributed by atoms with Crippen molar-refractivity contribution < 1.29 is 19.1 Å². The third kappa shape index (κ3) is 6.63. The van der Waals surface area contributed by atoms with Crippen LogP contribution < -0.4 is 0 Å². The maximum Gasteiger partial charge on any atom is 0.309 e. The third-order valence-electron chi connectivity index (χ3n) is 5.68. The number of carbonyl (C=O) groups excluding carboxylic acids is 2. The minimum absolute atomic E-state index is 0.0274. The average Bonchev–Trinajstić information content (AvgIpc) is 2.63. The van der Waals surface area contributed by atoms with Crippen molar-refractivity contribution >= 4 is 11.8 Å². The van der Waals surface area contributed by atoms with Gasteiger partial charge in [-0.25, -0.2) is 0 Å². The van der Waals surface area contributed by atoms with Gasteiger partial charge in [0, 0.05) is 38.7 Å². The number of ketones is 1. The molecule has 2 saturated heterocycles. The molecule has 0 radical (unpaired) electrons. The fraction of sp³-hybridized carbons (Fsp3) is 0.900. The number of carbonyl (C=O) groups is 2. The smallest absolute Gasteiger partial charge is 0.309 e. The van der Waals surface area contributed by atoms with E-state index < -0.39 is 0 Å². The monoisotopic (exact) mass is 368 g/mol. The lowest BCUT2D eigenvalue weighted by Gasteiger charge is -2.36. The fourth-order valence-corrected chi connectivity index (χ4v) is 4.04. The highest BCUT2D eigenvalue weighted by Crippen LogP contribution is 2.21. The molecule has 1 unspecified atom stereocenters. The van der Waals surface area contributed by atoms with Crippen LogP contribution in [0.25, 0.3) is 0 Å². The Balaban J connectivity index is 1.75. The molecule has 2 rings (SSSR count). The maximum absolute atomic E-state index is 12.2. The van der Waals surface area contributed by atoms with Crippen LogP contribution in [0.2, 0.25) is 0 Å². The van der Waals surface area contributed by atoms with Gasteiger partial charge in [0.05, 0.1) is 18.6 Å². The van der Waals surface area contributed by atoms with Crippen LogP contribution in [0.1, 0.15) is 46.5 Å². The Morgan fingerprint density at radius 1 is 0.923 bits per heavy atom. The zero-order chi connectivity index (χ0) is 18.9. The van der Waals surface area contributed by atoms with Gasteiger partial charge < -0.3 is 19.3 Å². The number of nitrogens with zero attached hydrogens (tertiary/aromatic N) is 2. The van der Waals surface area contributed by atoms with Gasteiger partial charge in [0.15, 0.2) is 0 Å². The summed E-state index contributed by atoms with van der Waals surface area (Å²) in [7, 11) is 0. The van der Waals surface area contributed by atoms with Crippen LogP contribution in [-0.2, 0) is 19.1 Å². The first kappa shape index (κ1) is 21.3. The molecule has 2 aliphatic heterocycles. The minimum Gasteiger partial charge on any atom is -0.466 e. The van der Waals surface area contributed by atoms with E-state index in [2.05, 4.69) is 9.80 Å². The quantitative estimate of drug-likeness (QED) is 0.580. The van der Waals surface area contributed by atoms with Crippen LogP contribution in [0.15, 0.2) is 0 Å². The summed E-state index contributed by atoms with van der Waals surface area (Å²) in [5.41, 5.74) is 0. The zero-order valence-electron chi connectivity index (χ0n) is 16.7. The molecule has 0 aromatic carbocycles. The first-order chi connectivity index (χ1) is 12.5. The predicted octanol–water partition coefficient (Wildman–Crippen LogP) is 1.97. The summed E-state index contributed by atoms with van der Waals surface area (Å²) in [6.45, 7) is 12.3. The van der Waals surface area contributed by atoms with Crippen LogP contribution in [-0.4, -0.2) is 80.1 Å². The third-order valence-corrected chi connectivity index (χ3v) is 5.68. The van der Waals surface area contributed by atoms with Gasteiger partial charge in [0.25, 0.3) is 0 Å². The minimum atomic E-state index is -0.0626. The highest BCUT2D eigenvalue weighted by molar-refractivity contribution is 5.78. The van der Waals surface area contributed by atoms with Crippen molar-refractivity contribution in [2.24, 2.45) is 11.8 Å². The standard InChI is InChI=1S/C20H36N2O4/c1-4-25-19-8-12-22(13-9-19)15-18(16(3)23)14-21-10-6-17(7-11-21)20(24)26-5-2/h17-19H,4-15H2,1-3H3. The number of ether oxygens (including phenoxy) is 2. The normalized spacial score (nSPS) is 22.3. The second kappa shape index (κ2) is 11.0. The molecule has 0 bridgehead atoms. The Labute approximate surface area is 158 Å². The van der Waals surface area contributed by atoms with E-state index in [1.54, 1.807) is 6.92 Å². The van der Waals surface area contributed by atoms with E-state index in [0.29, 0.717) is 12.7 Å². The molecule has 0 spiro atoms. The van der Waals surface area contributed by atoms with E-state index in [9.17, 15) is 9.59 Å². The van der Waals surface area contributed by atoms with E-state index >= 15 is 0 Å². The van der Waals surface area contributed by atoms with Crippen LogP contribution >= 0.6 is 0 Å². The second-order valence-corrected chi connectivity index (χ2v) is 7.59. The first-order valence-electron chi connectivity index (χ1n) is 10.3. The summed E-state index contributed by atoms with van der Waals surface area (Å²) in [4.78, 5) is 28.8. The molecule has 2 fully saturated rings. The Morgan fingerprint density at radius 2 is 1.46 bits per heavy atom. The van der Waals surface area contributed by atoms with Gasteiger partial charge >= 0.3 is 5.97 Å². The fourth-order valence-electron chi connectivity index (χ4n) is 4.04. The number of piperidine rings is 2. The molecular weight excluding hydrogens is 332 g/mol. The molecule has 0 aromatic heterocycles. The zero-order valence-corrected chi connectivity index (χ0v) is 16.7. The van der Waals surface area contributed by atoms with Crippen molar-refractivity contribution in [2.45, 2.75) is 52.6 Å². The Hall–Kier alpha value is -0.980. The van der Waals surface area contributed by atoms with E-state index in [1.807, 2.05) is 13.8 Å². The van der Waals surface area contributed by atoms with Crippen LogP contribution in [0, 0.1) is 11.8 Å². The molecule has 0 N–H and O–H groups in total. The Bertz CT molecular complexity index is 441. The molecular formula is C20H36N2O4. The molecule has 0 aliphatic carbocycles. The molecule has 0 amide bonds. The van der Waals surface area contributed by atoms with Gasteiger partial charge in [-0.3, -0.25) is 9.59 Å². The number of hydrogen-bond donors (Lipinski definition) is 0. The van der Waals surface area contributed by atoms with Crippen molar-refractivity contribution in [1.29, 1.82) is 0 Å². The second-order valence-electron chi connectivity index (χ2n) is 7.59. The summed E-state index contributed by atoms with van der Waals surface area (Å²) < 4.78 is 10.8. The number of hydrogen-bond acceptors (Lipinski definition) is 6. The SMILES string of the molecule is CCOC(=O)C1CCN(CC(CN2CCC(OCC)CC2)C(C)=O)CC1. The lowest BCUT2D eigenvalue weighted by atomic mass is 9.95.